The van der Waals surface area contributed by atoms with Crippen molar-refractivity contribution in [3.05, 3.63) is 59.2 Å². The number of fused-ring (bicyclic) bond motifs is 1. The van der Waals surface area contributed by atoms with E-state index in [1.54, 1.807) is 12.1 Å². The molecule has 2 aromatic rings. The molecule has 1 aliphatic heterocycles. The number of hydrogen-bond donors (Lipinski definition) is 2. The molecule has 0 atom stereocenters. The zero-order chi connectivity index (χ0) is 15.7. The quantitative estimate of drug-likeness (QED) is 0.839. The lowest BCUT2D eigenvalue weighted by atomic mass is 9.98. The van der Waals surface area contributed by atoms with E-state index in [1.807, 2.05) is 18.2 Å². The minimum atomic E-state index is -3.65. The Labute approximate surface area is 130 Å². The molecule has 1 aliphatic rings. The van der Waals surface area contributed by atoms with Gasteiger partial charge in [0, 0.05) is 25.3 Å². The van der Waals surface area contributed by atoms with Gasteiger partial charge in [0.25, 0.3) is 0 Å². The molecule has 1 heterocycles. The molecule has 0 saturated heterocycles. The molecule has 0 amide bonds. The van der Waals surface area contributed by atoms with Crippen molar-refractivity contribution < 1.29 is 8.42 Å². The second-order valence-electron chi connectivity index (χ2n) is 5.68. The summed E-state index contributed by atoms with van der Waals surface area (Å²) in [6.45, 7) is 2.47. The molecule has 2 aromatic carbocycles. The highest BCUT2D eigenvalue weighted by molar-refractivity contribution is 7.89. The molecule has 0 aliphatic carbocycles. The van der Waals surface area contributed by atoms with Gasteiger partial charge >= 0.3 is 0 Å². The van der Waals surface area contributed by atoms with Crippen LogP contribution < -0.4 is 10.9 Å². The van der Waals surface area contributed by atoms with Crippen molar-refractivity contribution in [2.75, 3.05) is 12.3 Å². The third-order valence-electron chi connectivity index (χ3n) is 3.95. The number of primary sulfonamides is 1. The Hall–Kier alpha value is -1.89. The molecular formula is C16H19N3O2S. The highest BCUT2D eigenvalue weighted by atomic mass is 32.2. The van der Waals surface area contributed by atoms with E-state index in [-0.39, 0.29) is 4.90 Å². The molecule has 0 fully saturated rings. The van der Waals surface area contributed by atoms with Crippen LogP contribution in [-0.4, -0.2) is 19.9 Å². The molecule has 0 spiro atoms. The first-order valence-corrected chi connectivity index (χ1v) is 8.68. The largest absolute Gasteiger partial charge is 0.399 e. The van der Waals surface area contributed by atoms with E-state index in [0.29, 0.717) is 6.54 Å². The molecular weight excluding hydrogens is 298 g/mol. The van der Waals surface area contributed by atoms with Crippen LogP contribution in [0, 0.1) is 0 Å². The number of anilines is 1. The summed E-state index contributed by atoms with van der Waals surface area (Å²) >= 11 is 0. The number of rotatable bonds is 3. The average molecular weight is 317 g/mol. The topological polar surface area (TPSA) is 89.4 Å². The van der Waals surface area contributed by atoms with Crippen LogP contribution in [-0.2, 0) is 29.5 Å². The van der Waals surface area contributed by atoms with Gasteiger partial charge < -0.3 is 5.73 Å². The summed E-state index contributed by atoms with van der Waals surface area (Å²) in [5, 5.41) is 5.18. The molecule has 0 bridgehead atoms. The number of hydrogen-bond acceptors (Lipinski definition) is 4. The van der Waals surface area contributed by atoms with Gasteiger partial charge in [0.15, 0.2) is 0 Å². The number of nitrogens with zero attached hydrogens (tertiary/aromatic N) is 1. The van der Waals surface area contributed by atoms with Crippen LogP contribution in [0.15, 0.2) is 47.4 Å². The Morgan fingerprint density at radius 2 is 1.91 bits per heavy atom. The smallest absolute Gasteiger partial charge is 0.238 e. The predicted molar refractivity (Wildman–Crippen MR) is 86.5 cm³/mol. The van der Waals surface area contributed by atoms with E-state index >= 15 is 0 Å². The van der Waals surface area contributed by atoms with Crippen LogP contribution in [0.2, 0.25) is 0 Å². The summed E-state index contributed by atoms with van der Waals surface area (Å²) in [4.78, 5) is 2.45. The van der Waals surface area contributed by atoms with Crippen molar-refractivity contribution in [2.24, 2.45) is 5.14 Å². The maximum atomic E-state index is 11.4. The summed E-state index contributed by atoms with van der Waals surface area (Å²) in [5.41, 5.74) is 10.1. The molecule has 6 heteroatoms. The van der Waals surface area contributed by atoms with Crippen LogP contribution in [0.5, 0.6) is 0 Å². The van der Waals surface area contributed by atoms with Gasteiger partial charge in [-0.15, -0.1) is 0 Å². The number of sulfonamides is 1. The van der Waals surface area contributed by atoms with E-state index in [4.69, 9.17) is 10.9 Å². The molecule has 0 radical (unpaired) electrons. The fourth-order valence-electron chi connectivity index (χ4n) is 2.85. The predicted octanol–water partition coefficient (Wildman–Crippen LogP) is 1.47. The summed E-state index contributed by atoms with van der Waals surface area (Å²) in [7, 11) is -3.65. The van der Waals surface area contributed by atoms with Crippen molar-refractivity contribution in [1.82, 2.24) is 4.90 Å². The van der Waals surface area contributed by atoms with Gasteiger partial charge in [-0.2, -0.15) is 0 Å². The Morgan fingerprint density at radius 3 is 2.68 bits per heavy atom. The van der Waals surface area contributed by atoms with Gasteiger partial charge in [0.2, 0.25) is 10.0 Å². The van der Waals surface area contributed by atoms with Crippen LogP contribution in [0.25, 0.3) is 0 Å². The minimum Gasteiger partial charge on any atom is -0.399 e. The van der Waals surface area contributed by atoms with Gasteiger partial charge in [0.05, 0.1) is 4.90 Å². The van der Waals surface area contributed by atoms with Gasteiger partial charge in [-0.1, -0.05) is 18.2 Å². The van der Waals surface area contributed by atoms with Crippen molar-refractivity contribution >= 4 is 15.7 Å². The van der Waals surface area contributed by atoms with Gasteiger partial charge in [0.1, 0.15) is 0 Å². The molecule has 4 N–H and O–H groups in total. The van der Waals surface area contributed by atoms with Crippen molar-refractivity contribution in [1.29, 1.82) is 0 Å². The SMILES string of the molecule is Nc1ccc2c(c1)CCN(Cc1cccc(S(N)(=O)=O)c1)C2. The van der Waals surface area contributed by atoms with E-state index in [1.165, 1.54) is 17.2 Å². The second-order valence-corrected chi connectivity index (χ2v) is 7.24. The average Bonchev–Trinajstić information content (AvgIpc) is 2.47. The Bertz CT molecular complexity index is 803. The maximum Gasteiger partial charge on any atom is 0.238 e. The number of benzene rings is 2. The minimum absolute atomic E-state index is 0.162. The zero-order valence-electron chi connectivity index (χ0n) is 12.2. The standard InChI is InChI=1S/C16H19N3O2S/c17-15-5-4-14-11-19(7-6-13(14)9-15)10-12-2-1-3-16(8-12)22(18,20)21/h1-5,8-9H,6-7,10-11,17H2,(H2,18,20,21). The summed E-state index contributed by atoms with van der Waals surface area (Å²) in [6.07, 6.45) is 0.954. The van der Waals surface area contributed by atoms with Crippen LogP contribution in [0.1, 0.15) is 16.7 Å². The first-order valence-electron chi connectivity index (χ1n) is 7.13. The molecule has 0 aromatic heterocycles. The van der Waals surface area contributed by atoms with Gasteiger partial charge in [-0.25, -0.2) is 13.6 Å². The second kappa shape index (κ2) is 5.72. The first-order chi connectivity index (χ1) is 10.4. The number of nitrogen functional groups attached to an aromatic ring is 1. The van der Waals surface area contributed by atoms with Crippen molar-refractivity contribution in [2.45, 2.75) is 24.4 Å². The molecule has 5 nitrogen and oxygen atoms in total. The molecule has 22 heavy (non-hydrogen) atoms. The fourth-order valence-corrected chi connectivity index (χ4v) is 3.43. The summed E-state index contributed by atoms with van der Waals surface area (Å²) in [6, 6.07) is 12.8. The number of nitrogens with two attached hydrogens (primary N) is 2. The van der Waals surface area contributed by atoms with E-state index in [9.17, 15) is 8.42 Å². The Balaban J connectivity index is 1.76. The van der Waals surface area contributed by atoms with Crippen LogP contribution in [0.4, 0.5) is 5.69 Å². The highest BCUT2D eigenvalue weighted by Crippen LogP contribution is 2.23. The Morgan fingerprint density at radius 1 is 1.09 bits per heavy atom. The molecule has 0 saturated carbocycles. The fraction of sp³-hybridized carbons (Fsp3) is 0.250. The third-order valence-corrected chi connectivity index (χ3v) is 4.87. The lowest BCUT2D eigenvalue weighted by Crippen LogP contribution is -2.30. The van der Waals surface area contributed by atoms with E-state index in [2.05, 4.69) is 11.0 Å². The molecule has 116 valence electrons. The lowest BCUT2D eigenvalue weighted by molar-refractivity contribution is 0.245. The van der Waals surface area contributed by atoms with Crippen molar-refractivity contribution in [3.63, 3.8) is 0 Å². The monoisotopic (exact) mass is 317 g/mol. The highest BCUT2D eigenvalue weighted by Gasteiger charge is 2.17. The summed E-state index contributed by atoms with van der Waals surface area (Å²) < 4.78 is 22.9. The lowest BCUT2D eigenvalue weighted by Gasteiger charge is -2.29. The summed E-state index contributed by atoms with van der Waals surface area (Å²) in [5.74, 6) is 0. The van der Waals surface area contributed by atoms with Crippen molar-refractivity contribution in [3.8, 4) is 0 Å². The van der Waals surface area contributed by atoms with Gasteiger partial charge in [-0.05, 0) is 47.4 Å². The molecule has 0 unspecified atom stereocenters. The Kier molecular flexibility index (Phi) is 3.90. The maximum absolute atomic E-state index is 11.4. The van der Waals surface area contributed by atoms with E-state index in [0.717, 1.165) is 30.8 Å². The van der Waals surface area contributed by atoms with Gasteiger partial charge in [-0.3, -0.25) is 4.90 Å². The van der Waals surface area contributed by atoms with Crippen LogP contribution in [0.3, 0.4) is 0 Å². The normalized spacial score (nSPS) is 15.5. The van der Waals surface area contributed by atoms with Crippen LogP contribution >= 0.6 is 0 Å². The molecule has 3 rings (SSSR count). The third kappa shape index (κ3) is 3.30. The first kappa shape index (κ1) is 15.0. The van der Waals surface area contributed by atoms with E-state index < -0.39 is 10.0 Å². The zero-order valence-corrected chi connectivity index (χ0v) is 13.0.